The van der Waals surface area contributed by atoms with Crippen LogP contribution in [-0.4, -0.2) is 17.9 Å². The summed E-state index contributed by atoms with van der Waals surface area (Å²) in [5.74, 6) is 0.796. The molecule has 19 heavy (non-hydrogen) atoms. The molecule has 0 radical (unpaired) electrons. The predicted molar refractivity (Wildman–Crippen MR) is 81.4 cm³/mol. The summed E-state index contributed by atoms with van der Waals surface area (Å²) in [5.41, 5.74) is 1.56. The molecule has 1 aromatic heterocycles. The maximum absolute atomic E-state index is 11.7. The largest absolute Gasteiger partial charge is 0.542 e. The molecule has 0 saturated carbocycles. The number of aryl methyl sites for hydroxylation is 1. The number of benzene rings is 1. The van der Waals surface area contributed by atoms with Gasteiger partial charge < -0.3 is 9.41 Å². The summed E-state index contributed by atoms with van der Waals surface area (Å²) in [5, 5.41) is 0.129. The molecule has 0 spiro atoms. The van der Waals surface area contributed by atoms with Gasteiger partial charge in [-0.05, 0) is 30.3 Å². The first-order valence-corrected chi connectivity index (χ1v) is 9.41. The van der Waals surface area contributed by atoms with Gasteiger partial charge in [-0.3, -0.25) is 4.57 Å². The third kappa shape index (κ3) is 2.34. The van der Waals surface area contributed by atoms with Crippen molar-refractivity contribution >= 4 is 19.4 Å². The summed E-state index contributed by atoms with van der Waals surface area (Å²) in [6.45, 7) is 11.0. The average molecular weight is 278 g/mol. The summed E-state index contributed by atoms with van der Waals surface area (Å²) in [7, 11) is -0.142. The van der Waals surface area contributed by atoms with Gasteiger partial charge in [-0.15, -0.1) is 0 Å². The van der Waals surface area contributed by atoms with Crippen LogP contribution in [0.4, 0.5) is 0 Å². The Morgan fingerprint density at radius 3 is 2.47 bits per heavy atom. The van der Waals surface area contributed by atoms with Crippen LogP contribution < -0.4 is 10.1 Å². The smallest absolute Gasteiger partial charge is 0.326 e. The van der Waals surface area contributed by atoms with Crippen molar-refractivity contribution in [2.24, 2.45) is 7.05 Å². The van der Waals surface area contributed by atoms with Gasteiger partial charge in [-0.2, -0.15) is 0 Å². The summed E-state index contributed by atoms with van der Waals surface area (Å²) >= 11 is 0. The fourth-order valence-corrected chi connectivity index (χ4v) is 2.80. The Morgan fingerprint density at radius 2 is 1.89 bits per heavy atom. The van der Waals surface area contributed by atoms with Crippen molar-refractivity contribution in [2.45, 2.75) is 38.9 Å². The number of aromatic nitrogens is 2. The normalized spacial score (nSPS) is 12.9. The van der Waals surface area contributed by atoms with E-state index < -0.39 is 8.32 Å². The molecule has 0 aliphatic heterocycles. The number of nitrogens with zero attached hydrogens (tertiary/aromatic N) is 1. The van der Waals surface area contributed by atoms with E-state index in [-0.39, 0.29) is 10.7 Å². The maximum atomic E-state index is 11.7. The molecule has 4 nitrogen and oxygen atoms in total. The molecule has 104 valence electrons. The molecule has 0 amide bonds. The fourth-order valence-electron chi connectivity index (χ4n) is 1.78. The van der Waals surface area contributed by atoms with Crippen LogP contribution >= 0.6 is 0 Å². The molecule has 2 rings (SSSR count). The van der Waals surface area contributed by atoms with Gasteiger partial charge >= 0.3 is 5.69 Å². The highest BCUT2D eigenvalue weighted by Gasteiger charge is 2.39. The lowest BCUT2D eigenvalue weighted by Crippen LogP contribution is -2.44. The van der Waals surface area contributed by atoms with Crippen molar-refractivity contribution in [1.29, 1.82) is 0 Å². The third-order valence-electron chi connectivity index (χ3n) is 4.05. The van der Waals surface area contributed by atoms with Gasteiger partial charge in [0.05, 0.1) is 5.52 Å². The van der Waals surface area contributed by atoms with Crippen LogP contribution in [0.3, 0.4) is 0 Å². The Kier molecular flexibility index (Phi) is 3.13. The number of hydrogen-bond donors (Lipinski definition) is 1. The van der Waals surface area contributed by atoms with Gasteiger partial charge in [0.1, 0.15) is 11.3 Å². The molecular formula is C14H22N2O2Si. The Labute approximate surface area is 114 Å². The van der Waals surface area contributed by atoms with Gasteiger partial charge in [0.2, 0.25) is 0 Å². The molecule has 1 N–H and O–H groups in total. The Bertz CT molecular complexity index is 662. The van der Waals surface area contributed by atoms with Gasteiger partial charge in [0.15, 0.2) is 0 Å². The van der Waals surface area contributed by atoms with E-state index in [9.17, 15) is 4.79 Å². The standard InChI is InChI=1S/C14H22N2O2Si/c1-14(2,3)19(5,6)18-11-9-7-8-10-12(11)16(4)13(17)15-10/h7-9H,1-6H3,(H,15,17). The van der Waals surface area contributed by atoms with Crippen molar-refractivity contribution in [3.05, 3.63) is 28.7 Å². The Hall–Kier alpha value is -1.49. The number of fused-ring (bicyclic) bond motifs is 1. The van der Waals surface area contributed by atoms with E-state index in [0.717, 1.165) is 16.8 Å². The van der Waals surface area contributed by atoms with E-state index in [1.165, 1.54) is 0 Å². The number of rotatable bonds is 2. The average Bonchev–Trinajstić information content (AvgIpc) is 2.54. The van der Waals surface area contributed by atoms with Crippen LogP contribution in [0.1, 0.15) is 20.8 Å². The topological polar surface area (TPSA) is 47.0 Å². The van der Waals surface area contributed by atoms with Crippen LogP contribution in [0.5, 0.6) is 5.75 Å². The molecule has 0 saturated heterocycles. The first-order valence-electron chi connectivity index (χ1n) is 6.50. The van der Waals surface area contributed by atoms with E-state index in [1.807, 2.05) is 18.2 Å². The first kappa shape index (κ1) is 13.9. The van der Waals surface area contributed by atoms with Crippen LogP contribution in [0, 0.1) is 0 Å². The molecule has 0 aliphatic rings. The molecule has 2 aromatic rings. The fraction of sp³-hybridized carbons (Fsp3) is 0.500. The van der Waals surface area contributed by atoms with E-state index in [1.54, 1.807) is 11.6 Å². The Balaban J connectivity index is 2.56. The molecule has 0 atom stereocenters. The second-order valence-electron chi connectivity index (χ2n) is 6.50. The second kappa shape index (κ2) is 4.26. The highest BCUT2D eigenvalue weighted by atomic mass is 28.4. The third-order valence-corrected chi connectivity index (χ3v) is 8.39. The van der Waals surface area contributed by atoms with Crippen molar-refractivity contribution < 1.29 is 4.43 Å². The van der Waals surface area contributed by atoms with Crippen molar-refractivity contribution in [3.8, 4) is 5.75 Å². The highest BCUT2D eigenvalue weighted by Crippen LogP contribution is 2.38. The van der Waals surface area contributed by atoms with Gasteiger partial charge in [-0.25, -0.2) is 4.79 Å². The predicted octanol–water partition coefficient (Wildman–Crippen LogP) is 3.25. The van der Waals surface area contributed by atoms with E-state index >= 15 is 0 Å². The number of imidazole rings is 1. The van der Waals surface area contributed by atoms with Gasteiger partial charge in [-0.1, -0.05) is 26.8 Å². The molecular weight excluding hydrogens is 256 g/mol. The summed E-state index contributed by atoms with van der Waals surface area (Å²) in [4.78, 5) is 14.6. The zero-order valence-electron chi connectivity index (χ0n) is 12.5. The maximum Gasteiger partial charge on any atom is 0.326 e. The lowest BCUT2D eigenvalue weighted by molar-refractivity contribution is 0.494. The van der Waals surface area contributed by atoms with Crippen molar-refractivity contribution in [1.82, 2.24) is 9.55 Å². The Morgan fingerprint density at radius 1 is 1.26 bits per heavy atom. The van der Waals surface area contributed by atoms with Crippen molar-refractivity contribution in [3.63, 3.8) is 0 Å². The monoisotopic (exact) mass is 278 g/mol. The minimum Gasteiger partial charge on any atom is -0.542 e. The molecule has 5 heteroatoms. The number of aromatic amines is 1. The minimum atomic E-state index is -1.91. The number of nitrogens with one attached hydrogen (secondary N) is 1. The molecule has 0 aliphatic carbocycles. The first-order chi connectivity index (χ1) is 8.63. The number of para-hydroxylation sites is 1. The molecule has 0 unspecified atom stereocenters. The molecule has 0 fully saturated rings. The van der Waals surface area contributed by atoms with Gasteiger partial charge in [0, 0.05) is 7.05 Å². The molecule has 1 aromatic carbocycles. The quantitative estimate of drug-likeness (QED) is 0.857. The van der Waals surface area contributed by atoms with E-state index in [4.69, 9.17) is 4.43 Å². The highest BCUT2D eigenvalue weighted by molar-refractivity contribution is 6.74. The summed E-state index contributed by atoms with van der Waals surface area (Å²) in [6.07, 6.45) is 0. The second-order valence-corrected chi connectivity index (χ2v) is 11.2. The SMILES string of the molecule is Cn1c(=O)[nH]c2cccc(O[Si](C)(C)C(C)(C)C)c21. The number of hydrogen-bond acceptors (Lipinski definition) is 2. The van der Waals surface area contributed by atoms with Gasteiger partial charge in [0.25, 0.3) is 8.32 Å². The van der Waals surface area contributed by atoms with Crippen LogP contribution in [0.15, 0.2) is 23.0 Å². The van der Waals surface area contributed by atoms with E-state index in [0.29, 0.717) is 0 Å². The zero-order chi connectivity index (χ0) is 14.4. The van der Waals surface area contributed by atoms with Crippen LogP contribution in [0.2, 0.25) is 18.1 Å². The van der Waals surface area contributed by atoms with Crippen LogP contribution in [-0.2, 0) is 7.05 Å². The van der Waals surface area contributed by atoms with Crippen LogP contribution in [0.25, 0.3) is 11.0 Å². The number of H-pyrrole nitrogens is 1. The minimum absolute atomic E-state index is 0.110. The van der Waals surface area contributed by atoms with E-state index in [2.05, 4.69) is 38.8 Å². The van der Waals surface area contributed by atoms with Crippen molar-refractivity contribution in [2.75, 3.05) is 0 Å². The lowest BCUT2D eigenvalue weighted by atomic mass is 10.2. The lowest BCUT2D eigenvalue weighted by Gasteiger charge is -2.36. The summed E-state index contributed by atoms with van der Waals surface area (Å²) in [6, 6.07) is 5.76. The molecule has 1 heterocycles. The zero-order valence-corrected chi connectivity index (χ0v) is 13.5. The molecule has 0 bridgehead atoms. The summed E-state index contributed by atoms with van der Waals surface area (Å²) < 4.78 is 7.94.